The molecule has 1 N–H and O–H groups in total. The van der Waals surface area contributed by atoms with Gasteiger partial charge >= 0.3 is 11.9 Å². The molecule has 0 saturated heterocycles. The highest BCUT2D eigenvalue weighted by Gasteiger charge is 2.15. The Kier molecular flexibility index (Phi) is 4.24. The minimum absolute atomic E-state index is 0.195. The summed E-state index contributed by atoms with van der Waals surface area (Å²) >= 11 is 0. The number of hydrogen-bond acceptors (Lipinski definition) is 6. The standard InChI is InChI=1S/C17H15N3O4/c1-3-24-17(22)14-8-12(13-9-18-20-15(13)19-14)10-4-6-11(7-5-10)16(21)23-2/h4-9H,3H2,1-2H3,(H,18,19,20). The number of aromatic nitrogens is 3. The summed E-state index contributed by atoms with van der Waals surface area (Å²) < 4.78 is 9.70. The molecule has 0 spiro atoms. The molecule has 0 unspecified atom stereocenters. The Morgan fingerprint density at radius 1 is 1.17 bits per heavy atom. The summed E-state index contributed by atoms with van der Waals surface area (Å²) in [6.45, 7) is 2.00. The number of hydrogen-bond donors (Lipinski definition) is 1. The third-order valence-corrected chi connectivity index (χ3v) is 3.52. The van der Waals surface area contributed by atoms with Crippen LogP contribution in [0.4, 0.5) is 0 Å². The van der Waals surface area contributed by atoms with E-state index in [0.717, 1.165) is 16.5 Å². The maximum Gasteiger partial charge on any atom is 0.357 e. The van der Waals surface area contributed by atoms with Crippen LogP contribution in [-0.2, 0) is 9.47 Å². The number of rotatable bonds is 4. The van der Waals surface area contributed by atoms with E-state index in [2.05, 4.69) is 15.2 Å². The Bertz CT molecular complexity index is 900. The van der Waals surface area contributed by atoms with E-state index in [1.54, 1.807) is 43.5 Å². The first kappa shape index (κ1) is 15.7. The molecule has 7 nitrogen and oxygen atoms in total. The summed E-state index contributed by atoms with van der Waals surface area (Å²) in [6, 6.07) is 8.55. The fraction of sp³-hybridized carbons (Fsp3) is 0.176. The van der Waals surface area contributed by atoms with E-state index in [0.29, 0.717) is 11.2 Å². The minimum atomic E-state index is -0.499. The lowest BCUT2D eigenvalue weighted by Crippen LogP contribution is -2.07. The topological polar surface area (TPSA) is 94.2 Å². The van der Waals surface area contributed by atoms with Gasteiger partial charge in [-0.1, -0.05) is 12.1 Å². The zero-order chi connectivity index (χ0) is 17.1. The summed E-state index contributed by atoms with van der Waals surface area (Å²) in [7, 11) is 1.33. The van der Waals surface area contributed by atoms with Crippen molar-refractivity contribution >= 4 is 23.0 Å². The molecule has 3 rings (SSSR count). The number of esters is 2. The second kappa shape index (κ2) is 6.49. The van der Waals surface area contributed by atoms with E-state index in [1.165, 1.54) is 7.11 Å². The van der Waals surface area contributed by atoms with Gasteiger partial charge in [0, 0.05) is 5.39 Å². The maximum atomic E-state index is 12.0. The largest absolute Gasteiger partial charge is 0.465 e. The molecule has 7 heteroatoms. The van der Waals surface area contributed by atoms with Crippen molar-refractivity contribution in [2.75, 3.05) is 13.7 Å². The SMILES string of the molecule is CCOC(=O)c1cc(-c2ccc(C(=O)OC)cc2)c2cn[nH]c2n1. The molecule has 0 fully saturated rings. The van der Waals surface area contributed by atoms with E-state index in [-0.39, 0.29) is 12.3 Å². The molecule has 0 bridgehead atoms. The summed E-state index contributed by atoms with van der Waals surface area (Å²) in [5.41, 5.74) is 2.73. The lowest BCUT2D eigenvalue weighted by molar-refractivity contribution is 0.0519. The molecule has 24 heavy (non-hydrogen) atoms. The molecule has 2 aromatic heterocycles. The molecule has 0 radical (unpaired) electrons. The van der Waals surface area contributed by atoms with E-state index < -0.39 is 11.9 Å². The van der Waals surface area contributed by atoms with Crippen molar-refractivity contribution in [2.45, 2.75) is 6.92 Å². The van der Waals surface area contributed by atoms with Gasteiger partial charge in [0.15, 0.2) is 11.3 Å². The molecule has 0 aliphatic carbocycles. The number of carbonyl (C=O) groups is 2. The van der Waals surface area contributed by atoms with Gasteiger partial charge in [-0.15, -0.1) is 0 Å². The Morgan fingerprint density at radius 2 is 1.92 bits per heavy atom. The third kappa shape index (κ3) is 2.83. The summed E-state index contributed by atoms with van der Waals surface area (Å²) in [5, 5.41) is 7.51. The number of aromatic amines is 1. The van der Waals surface area contributed by atoms with Crippen LogP contribution in [0.5, 0.6) is 0 Å². The number of nitrogens with zero attached hydrogens (tertiary/aromatic N) is 2. The van der Waals surface area contributed by atoms with Crippen molar-refractivity contribution in [1.29, 1.82) is 0 Å². The van der Waals surface area contributed by atoms with Crippen LogP contribution >= 0.6 is 0 Å². The molecule has 0 amide bonds. The van der Waals surface area contributed by atoms with E-state index in [4.69, 9.17) is 9.47 Å². The van der Waals surface area contributed by atoms with Crippen LogP contribution in [0.15, 0.2) is 36.5 Å². The average Bonchev–Trinajstić information content (AvgIpc) is 3.09. The second-order valence-corrected chi connectivity index (χ2v) is 4.98. The highest BCUT2D eigenvalue weighted by Crippen LogP contribution is 2.28. The molecule has 0 atom stereocenters. The monoisotopic (exact) mass is 325 g/mol. The Hall–Kier alpha value is -3.22. The van der Waals surface area contributed by atoms with Gasteiger partial charge in [-0.05, 0) is 36.2 Å². The van der Waals surface area contributed by atoms with Crippen molar-refractivity contribution in [3.63, 3.8) is 0 Å². The third-order valence-electron chi connectivity index (χ3n) is 3.52. The number of fused-ring (bicyclic) bond motifs is 1. The lowest BCUT2D eigenvalue weighted by Gasteiger charge is -2.07. The van der Waals surface area contributed by atoms with Crippen molar-refractivity contribution < 1.29 is 19.1 Å². The molecule has 122 valence electrons. The number of benzene rings is 1. The smallest absolute Gasteiger partial charge is 0.357 e. The van der Waals surface area contributed by atoms with Gasteiger partial charge in [-0.2, -0.15) is 5.10 Å². The highest BCUT2D eigenvalue weighted by atomic mass is 16.5. The normalized spacial score (nSPS) is 10.6. The summed E-state index contributed by atoms with van der Waals surface area (Å²) in [4.78, 5) is 27.8. The highest BCUT2D eigenvalue weighted by molar-refractivity contribution is 5.98. The first-order valence-electron chi connectivity index (χ1n) is 7.34. The fourth-order valence-electron chi connectivity index (χ4n) is 2.38. The van der Waals surface area contributed by atoms with E-state index in [1.807, 2.05) is 0 Å². The first-order valence-corrected chi connectivity index (χ1v) is 7.34. The maximum absolute atomic E-state index is 12.0. The number of H-pyrrole nitrogens is 1. The van der Waals surface area contributed by atoms with E-state index >= 15 is 0 Å². The zero-order valence-electron chi connectivity index (χ0n) is 13.2. The van der Waals surface area contributed by atoms with Crippen LogP contribution in [0.25, 0.3) is 22.2 Å². The number of methoxy groups -OCH3 is 1. The minimum Gasteiger partial charge on any atom is -0.465 e. The van der Waals surface area contributed by atoms with E-state index in [9.17, 15) is 9.59 Å². The molecule has 1 aromatic carbocycles. The van der Waals surface area contributed by atoms with Crippen LogP contribution in [-0.4, -0.2) is 40.8 Å². The van der Waals surface area contributed by atoms with Gasteiger partial charge in [0.2, 0.25) is 0 Å². The second-order valence-electron chi connectivity index (χ2n) is 4.98. The number of ether oxygens (including phenoxy) is 2. The summed E-state index contributed by atoms with van der Waals surface area (Å²) in [5.74, 6) is -0.904. The predicted octanol–water partition coefficient (Wildman–Crippen LogP) is 2.59. The molecular weight excluding hydrogens is 310 g/mol. The van der Waals surface area contributed by atoms with Gasteiger partial charge in [-0.25, -0.2) is 14.6 Å². The first-order chi connectivity index (χ1) is 11.6. The van der Waals surface area contributed by atoms with Gasteiger partial charge in [0.1, 0.15) is 0 Å². The quantitative estimate of drug-likeness (QED) is 0.741. The van der Waals surface area contributed by atoms with Crippen molar-refractivity contribution in [3.05, 3.63) is 47.8 Å². The van der Waals surface area contributed by atoms with Crippen molar-refractivity contribution in [2.24, 2.45) is 0 Å². The molecule has 2 heterocycles. The Balaban J connectivity index is 2.09. The van der Waals surface area contributed by atoms with Gasteiger partial charge in [0.05, 0.1) is 25.5 Å². The number of pyridine rings is 1. The van der Waals surface area contributed by atoms with Crippen LogP contribution in [0.3, 0.4) is 0 Å². The van der Waals surface area contributed by atoms with Crippen molar-refractivity contribution in [1.82, 2.24) is 15.2 Å². The fourth-order valence-corrected chi connectivity index (χ4v) is 2.38. The van der Waals surface area contributed by atoms with Gasteiger partial charge < -0.3 is 9.47 Å². The molecule has 0 aliphatic heterocycles. The number of nitrogens with one attached hydrogen (secondary N) is 1. The predicted molar refractivity (Wildman–Crippen MR) is 86.6 cm³/mol. The summed E-state index contributed by atoms with van der Waals surface area (Å²) in [6.07, 6.45) is 1.64. The molecule has 3 aromatic rings. The van der Waals surface area contributed by atoms with Crippen molar-refractivity contribution in [3.8, 4) is 11.1 Å². The van der Waals surface area contributed by atoms with Crippen LogP contribution in [0.2, 0.25) is 0 Å². The van der Waals surface area contributed by atoms with Crippen LogP contribution in [0.1, 0.15) is 27.8 Å². The van der Waals surface area contributed by atoms with Gasteiger partial charge in [-0.3, -0.25) is 5.10 Å². The lowest BCUT2D eigenvalue weighted by atomic mass is 10.0. The average molecular weight is 325 g/mol. The van der Waals surface area contributed by atoms with Crippen LogP contribution in [0, 0.1) is 0 Å². The Morgan fingerprint density at radius 3 is 2.58 bits per heavy atom. The number of carbonyl (C=O) groups excluding carboxylic acids is 2. The molecule has 0 saturated carbocycles. The molecular formula is C17H15N3O4. The Labute approximate surface area is 137 Å². The zero-order valence-corrected chi connectivity index (χ0v) is 13.2. The van der Waals surface area contributed by atoms with Crippen LogP contribution < -0.4 is 0 Å². The van der Waals surface area contributed by atoms with Gasteiger partial charge in [0.25, 0.3) is 0 Å². The molecule has 0 aliphatic rings.